The van der Waals surface area contributed by atoms with Gasteiger partial charge in [-0.05, 0) is 18.1 Å². The number of nitrogens with one attached hydrogen (secondary N) is 1. The number of aromatic nitrogens is 2. The zero-order valence-corrected chi connectivity index (χ0v) is 15.7. The van der Waals surface area contributed by atoms with Crippen LogP contribution in [0.25, 0.3) is 0 Å². The molecular formula is C18H25N5OS. The Morgan fingerprint density at radius 1 is 1.16 bits per heavy atom. The zero-order chi connectivity index (χ0) is 17.6. The van der Waals surface area contributed by atoms with Crippen molar-refractivity contribution in [3.05, 3.63) is 35.7 Å². The van der Waals surface area contributed by atoms with E-state index in [-0.39, 0.29) is 5.91 Å². The summed E-state index contributed by atoms with van der Waals surface area (Å²) in [6, 6.07) is 7.99. The van der Waals surface area contributed by atoms with Crippen molar-refractivity contribution in [2.24, 2.45) is 0 Å². The van der Waals surface area contributed by atoms with Gasteiger partial charge in [0.15, 0.2) is 0 Å². The molecule has 6 nitrogen and oxygen atoms in total. The van der Waals surface area contributed by atoms with E-state index in [0.29, 0.717) is 6.54 Å². The molecule has 0 spiro atoms. The highest BCUT2D eigenvalue weighted by molar-refractivity contribution is 7.09. The number of para-hydroxylation sites is 1. The average Bonchev–Trinajstić information content (AvgIpc) is 3.12. The van der Waals surface area contributed by atoms with Gasteiger partial charge in [0.1, 0.15) is 5.82 Å². The lowest BCUT2D eigenvalue weighted by Gasteiger charge is -2.33. The van der Waals surface area contributed by atoms with E-state index in [1.807, 2.05) is 18.2 Å². The van der Waals surface area contributed by atoms with Crippen LogP contribution in [0.3, 0.4) is 0 Å². The molecule has 1 aromatic carbocycles. The highest BCUT2D eigenvalue weighted by Gasteiger charge is 2.21. The van der Waals surface area contributed by atoms with Crippen LogP contribution in [0.5, 0.6) is 0 Å². The third-order valence-corrected chi connectivity index (χ3v) is 5.27. The summed E-state index contributed by atoms with van der Waals surface area (Å²) < 4.78 is 4.35. The molecule has 7 heteroatoms. The molecule has 1 fully saturated rings. The molecule has 1 aromatic heterocycles. The van der Waals surface area contributed by atoms with E-state index in [9.17, 15) is 4.79 Å². The van der Waals surface area contributed by atoms with Gasteiger partial charge in [-0.2, -0.15) is 4.37 Å². The summed E-state index contributed by atoms with van der Waals surface area (Å²) in [5.41, 5.74) is 2.10. The first-order valence-electron chi connectivity index (χ1n) is 8.87. The largest absolute Gasteiger partial charge is 0.344 e. The Balaban J connectivity index is 1.49. The van der Waals surface area contributed by atoms with Crippen LogP contribution in [0.2, 0.25) is 0 Å². The van der Waals surface area contributed by atoms with Crippen molar-refractivity contribution >= 4 is 28.3 Å². The van der Waals surface area contributed by atoms with Crippen LogP contribution in [0.1, 0.15) is 25.2 Å². The van der Waals surface area contributed by atoms with E-state index in [2.05, 4.69) is 44.4 Å². The van der Waals surface area contributed by atoms with Crippen molar-refractivity contribution in [3.8, 4) is 0 Å². The van der Waals surface area contributed by atoms with Crippen molar-refractivity contribution in [2.75, 3.05) is 42.9 Å². The number of piperazine rings is 1. The van der Waals surface area contributed by atoms with Crippen LogP contribution in [0.4, 0.5) is 10.8 Å². The Bertz CT molecular complexity index is 709. The molecule has 1 aliphatic rings. The Labute approximate surface area is 153 Å². The van der Waals surface area contributed by atoms with E-state index >= 15 is 0 Å². The normalized spacial score (nSPS) is 15.4. The topological polar surface area (TPSA) is 61.4 Å². The number of anilines is 2. The third kappa shape index (κ3) is 4.55. The highest BCUT2D eigenvalue weighted by atomic mass is 32.1. The fourth-order valence-corrected chi connectivity index (χ4v) is 3.76. The molecule has 0 saturated carbocycles. The van der Waals surface area contributed by atoms with Crippen molar-refractivity contribution < 1.29 is 4.79 Å². The second kappa shape index (κ2) is 8.40. The standard InChI is InChI=1S/C18H25N5OS/c1-3-14-7-5-6-8-15(14)19-17(24)13-22-9-11-23(12-10-22)18-20-16(4-2)21-25-18/h5-8H,3-4,9-13H2,1-2H3,(H,19,24). The lowest BCUT2D eigenvalue weighted by atomic mass is 10.1. The van der Waals surface area contributed by atoms with Gasteiger partial charge < -0.3 is 10.2 Å². The molecule has 0 atom stereocenters. The van der Waals surface area contributed by atoms with Gasteiger partial charge in [0.05, 0.1) is 6.54 Å². The Hall–Kier alpha value is -1.99. The van der Waals surface area contributed by atoms with Crippen LogP contribution in [-0.4, -0.2) is 52.9 Å². The lowest BCUT2D eigenvalue weighted by molar-refractivity contribution is -0.117. The summed E-state index contributed by atoms with van der Waals surface area (Å²) in [7, 11) is 0. The van der Waals surface area contributed by atoms with Crippen LogP contribution in [0.15, 0.2) is 24.3 Å². The van der Waals surface area contributed by atoms with Gasteiger partial charge in [0.2, 0.25) is 11.0 Å². The molecule has 1 N–H and O–H groups in total. The minimum atomic E-state index is 0.0542. The molecule has 25 heavy (non-hydrogen) atoms. The van der Waals surface area contributed by atoms with Crippen molar-refractivity contribution in [1.82, 2.24) is 14.3 Å². The Morgan fingerprint density at radius 3 is 2.60 bits per heavy atom. The summed E-state index contributed by atoms with van der Waals surface area (Å²) in [5.74, 6) is 0.968. The molecule has 0 radical (unpaired) electrons. The molecule has 0 bridgehead atoms. The minimum absolute atomic E-state index is 0.0542. The number of nitrogens with zero attached hydrogens (tertiary/aromatic N) is 4. The van der Waals surface area contributed by atoms with Crippen molar-refractivity contribution in [1.29, 1.82) is 0 Å². The first kappa shape index (κ1) is 17.8. The molecule has 3 rings (SSSR count). The molecule has 2 heterocycles. The highest BCUT2D eigenvalue weighted by Crippen LogP contribution is 2.19. The number of carbonyl (C=O) groups is 1. The maximum absolute atomic E-state index is 12.4. The maximum atomic E-state index is 12.4. The van der Waals surface area contributed by atoms with Gasteiger partial charge in [-0.25, -0.2) is 4.98 Å². The number of hydrogen-bond donors (Lipinski definition) is 1. The molecule has 0 aliphatic carbocycles. The SMILES string of the molecule is CCc1nsc(N2CCN(CC(=O)Nc3ccccc3CC)CC2)n1. The van der Waals surface area contributed by atoms with Gasteiger partial charge in [0.25, 0.3) is 0 Å². The Kier molecular flexibility index (Phi) is 5.99. The van der Waals surface area contributed by atoms with E-state index in [1.54, 1.807) is 0 Å². The van der Waals surface area contributed by atoms with Crippen LogP contribution in [-0.2, 0) is 17.6 Å². The Morgan fingerprint density at radius 2 is 1.92 bits per heavy atom. The van der Waals surface area contributed by atoms with Crippen LogP contribution < -0.4 is 10.2 Å². The van der Waals surface area contributed by atoms with Gasteiger partial charge in [-0.1, -0.05) is 32.0 Å². The van der Waals surface area contributed by atoms with E-state index in [1.165, 1.54) is 17.1 Å². The number of hydrogen-bond acceptors (Lipinski definition) is 6. The predicted molar refractivity (Wildman–Crippen MR) is 102 cm³/mol. The molecule has 0 unspecified atom stereocenters. The van der Waals surface area contributed by atoms with E-state index in [0.717, 1.165) is 55.7 Å². The first-order chi connectivity index (χ1) is 12.2. The van der Waals surface area contributed by atoms with Gasteiger partial charge in [-0.3, -0.25) is 9.69 Å². The summed E-state index contributed by atoms with van der Waals surface area (Å²) in [6.07, 6.45) is 1.78. The number of aryl methyl sites for hydroxylation is 2. The predicted octanol–water partition coefficient (Wildman–Crippen LogP) is 2.42. The second-order valence-corrected chi connectivity index (χ2v) is 6.90. The first-order valence-corrected chi connectivity index (χ1v) is 9.64. The quantitative estimate of drug-likeness (QED) is 0.858. The van der Waals surface area contributed by atoms with Gasteiger partial charge in [0, 0.05) is 49.8 Å². The minimum Gasteiger partial charge on any atom is -0.344 e. The summed E-state index contributed by atoms with van der Waals surface area (Å²) in [5, 5.41) is 4.05. The molecule has 1 amide bonds. The van der Waals surface area contributed by atoms with Crippen molar-refractivity contribution in [3.63, 3.8) is 0 Å². The summed E-state index contributed by atoms with van der Waals surface area (Å²) >= 11 is 1.47. The lowest BCUT2D eigenvalue weighted by Crippen LogP contribution is -2.48. The van der Waals surface area contributed by atoms with Gasteiger partial charge in [-0.15, -0.1) is 0 Å². The number of amides is 1. The average molecular weight is 359 g/mol. The van der Waals surface area contributed by atoms with Crippen LogP contribution in [0, 0.1) is 0 Å². The van der Waals surface area contributed by atoms with Crippen molar-refractivity contribution in [2.45, 2.75) is 26.7 Å². The fourth-order valence-electron chi connectivity index (χ4n) is 2.96. The molecule has 134 valence electrons. The van der Waals surface area contributed by atoms with E-state index in [4.69, 9.17) is 0 Å². The van der Waals surface area contributed by atoms with E-state index < -0.39 is 0 Å². The van der Waals surface area contributed by atoms with Gasteiger partial charge >= 0.3 is 0 Å². The number of carbonyl (C=O) groups excluding carboxylic acids is 1. The molecular weight excluding hydrogens is 334 g/mol. The van der Waals surface area contributed by atoms with Crippen LogP contribution >= 0.6 is 11.5 Å². The molecule has 2 aromatic rings. The number of benzene rings is 1. The fraction of sp³-hybridized carbons (Fsp3) is 0.500. The number of rotatable bonds is 6. The summed E-state index contributed by atoms with van der Waals surface area (Å²) in [4.78, 5) is 21.4. The second-order valence-electron chi connectivity index (χ2n) is 6.17. The summed E-state index contributed by atoms with van der Waals surface area (Å²) in [6.45, 7) is 8.10. The smallest absolute Gasteiger partial charge is 0.238 e. The molecule has 1 saturated heterocycles. The third-order valence-electron chi connectivity index (χ3n) is 4.46. The zero-order valence-electron chi connectivity index (χ0n) is 14.9. The maximum Gasteiger partial charge on any atom is 0.238 e. The monoisotopic (exact) mass is 359 g/mol. The molecule has 1 aliphatic heterocycles.